The highest BCUT2D eigenvalue weighted by Gasteiger charge is 2.02. The summed E-state index contributed by atoms with van der Waals surface area (Å²) in [6.45, 7) is 9.31. The van der Waals surface area contributed by atoms with Crippen LogP contribution in [0.4, 0.5) is 0 Å². The maximum atomic E-state index is 6.07. The summed E-state index contributed by atoms with van der Waals surface area (Å²) in [6.07, 6.45) is 7.52. The highest BCUT2D eigenvalue weighted by Crippen LogP contribution is 2.06. The fraction of sp³-hybridized carbons (Fsp3) is 0.294. The van der Waals surface area contributed by atoms with Crippen molar-refractivity contribution in [3.8, 4) is 0 Å². The van der Waals surface area contributed by atoms with E-state index in [-0.39, 0.29) is 6.04 Å². The number of hydrogen-bond acceptors (Lipinski definition) is 2. The molecule has 19 heavy (non-hydrogen) atoms. The molecule has 1 rings (SSSR count). The van der Waals surface area contributed by atoms with E-state index in [1.54, 1.807) is 6.08 Å². The molecule has 0 heterocycles. The zero-order valence-corrected chi connectivity index (χ0v) is 11.5. The van der Waals surface area contributed by atoms with Gasteiger partial charge < -0.3 is 11.1 Å². The van der Waals surface area contributed by atoms with E-state index in [9.17, 15) is 0 Å². The van der Waals surface area contributed by atoms with Gasteiger partial charge >= 0.3 is 0 Å². The Hall–Kier alpha value is -1.64. The first-order chi connectivity index (χ1) is 9.22. The minimum atomic E-state index is 0.164. The smallest absolute Gasteiger partial charge is 0.0206 e. The molecule has 0 aliphatic rings. The van der Waals surface area contributed by atoms with Crippen molar-refractivity contribution in [2.24, 2.45) is 5.73 Å². The van der Waals surface area contributed by atoms with Crippen molar-refractivity contribution in [3.63, 3.8) is 0 Å². The average Bonchev–Trinajstić information content (AvgIpc) is 2.44. The van der Waals surface area contributed by atoms with Crippen molar-refractivity contribution in [1.29, 1.82) is 0 Å². The van der Waals surface area contributed by atoms with Gasteiger partial charge in [0, 0.05) is 19.1 Å². The van der Waals surface area contributed by atoms with Gasteiger partial charge in [-0.25, -0.2) is 0 Å². The lowest BCUT2D eigenvalue weighted by Crippen LogP contribution is -2.33. The molecular weight excluding hydrogens is 232 g/mol. The van der Waals surface area contributed by atoms with Gasteiger partial charge in [0.25, 0.3) is 0 Å². The summed E-state index contributed by atoms with van der Waals surface area (Å²) in [6, 6.07) is 10.5. The van der Waals surface area contributed by atoms with Gasteiger partial charge in [0.1, 0.15) is 0 Å². The second-order valence-corrected chi connectivity index (χ2v) is 4.67. The number of nitrogens with two attached hydrogens (primary N) is 1. The van der Waals surface area contributed by atoms with Gasteiger partial charge in [-0.15, -0.1) is 0 Å². The Balaban J connectivity index is 2.14. The Kier molecular flexibility index (Phi) is 7.56. The molecule has 0 saturated carbocycles. The van der Waals surface area contributed by atoms with Crippen LogP contribution in [-0.2, 0) is 6.54 Å². The van der Waals surface area contributed by atoms with Crippen molar-refractivity contribution < 1.29 is 0 Å². The Morgan fingerprint density at radius 2 is 2.05 bits per heavy atom. The van der Waals surface area contributed by atoms with Crippen molar-refractivity contribution in [2.45, 2.75) is 25.4 Å². The van der Waals surface area contributed by atoms with Crippen LogP contribution in [0.25, 0.3) is 0 Å². The summed E-state index contributed by atoms with van der Waals surface area (Å²) in [5, 5.41) is 3.38. The van der Waals surface area contributed by atoms with E-state index in [1.807, 2.05) is 30.4 Å². The first-order valence-corrected chi connectivity index (χ1v) is 6.69. The molecule has 2 heteroatoms. The molecule has 0 amide bonds. The number of nitrogens with one attached hydrogen (secondary N) is 1. The first kappa shape index (κ1) is 15.4. The molecule has 0 aromatic heterocycles. The third kappa shape index (κ3) is 7.39. The summed E-state index contributed by atoms with van der Waals surface area (Å²) in [4.78, 5) is 0. The number of rotatable bonds is 9. The van der Waals surface area contributed by atoms with Crippen LogP contribution in [0.2, 0.25) is 0 Å². The molecule has 0 saturated heterocycles. The second-order valence-electron chi connectivity index (χ2n) is 4.67. The van der Waals surface area contributed by atoms with E-state index in [2.05, 4.69) is 30.6 Å². The molecule has 0 spiro atoms. The average molecular weight is 256 g/mol. The summed E-state index contributed by atoms with van der Waals surface area (Å²) in [7, 11) is 0. The predicted molar refractivity (Wildman–Crippen MR) is 83.8 cm³/mol. The molecule has 102 valence electrons. The van der Waals surface area contributed by atoms with Crippen molar-refractivity contribution in [3.05, 3.63) is 72.9 Å². The summed E-state index contributed by atoms with van der Waals surface area (Å²) in [5.74, 6) is 0. The maximum absolute atomic E-state index is 6.07. The minimum absolute atomic E-state index is 0.164. The Bertz CT molecular complexity index is 407. The molecule has 1 aromatic rings. The van der Waals surface area contributed by atoms with E-state index >= 15 is 0 Å². The molecule has 1 atom stereocenters. The highest BCUT2D eigenvalue weighted by molar-refractivity contribution is 5.18. The molecule has 0 aliphatic carbocycles. The summed E-state index contributed by atoms with van der Waals surface area (Å²) < 4.78 is 0. The van der Waals surface area contributed by atoms with E-state index in [0.717, 1.165) is 31.5 Å². The van der Waals surface area contributed by atoms with Crippen LogP contribution in [0, 0.1) is 0 Å². The lowest BCUT2D eigenvalue weighted by Gasteiger charge is -2.12. The summed E-state index contributed by atoms with van der Waals surface area (Å²) >= 11 is 0. The predicted octanol–water partition coefficient (Wildman–Crippen LogP) is 3.18. The molecule has 0 fully saturated rings. The maximum Gasteiger partial charge on any atom is 0.0206 e. The quantitative estimate of drug-likeness (QED) is 0.666. The molecule has 1 unspecified atom stereocenters. The Labute approximate surface area is 116 Å². The fourth-order valence-electron chi connectivity index (χ4n) is 1.76. The SMILES string of the molecule is C=C/C=C\C(=C)CCC(N)CNCc1ccccc1. The van der Waals surface area contributed by atoms with Crippen molar-refractivity contribution in [1.82, 2.24) is 5.32 Å². The fourth-order valence-corrected chi connectivity index (χ4v) is 1.76. The van der Waals surface area contributed by atoms with Crippen LogP contribution in [0.3, 0.4) is 0 Å². The van der Waals surface area contributed by atoms with Crippen LogP contribution < -0.4 is 11.1 Å². The van der Waals surface area contributed by atoms with E-state index in [0.29, 0.717) is 0 Å². The highest BCUT2D eigenvalue weighted by atomic mass is 14.9. The second kappa shape index (κ2) is 9.31. The van der Waals surface area contributed by atoms with Crippen LogP contribution in [0.5, 0.6) is 0 Å². The molecule has 3 N–H and O–H groups in total. The van der Waals surface area contributed by atoms with Crippen molar-refractivity contribution in [2.75, 3.05) is 6.54 Å². The van der Waals surface area contributed by atoms with Crippen LogP contribution in [0.1, 0.15) is 18.4 Å². The van der Waals surface area contributed by atoms with Gasteiger partial charge in [0.2, 0.25) is 0 Å². The van der Waals surface area contributed by atoms with Crippen LogP contribution in [0.15, 0.2) is 67.3 Å². The third-order valence-corrected chi connectivity index (χ3v) is 2.88. The van der Waals surface area contributed by atoms with Crippen LogP contribution >= 0.6 is 0 Å². The lowest BCUT2D eigenvalue weighted by molar-refractivity contribution is 0.545. The monoisotopic (exact) mass is 256 g/mol. The van der Waals surface area contributed by atoms with Gasteiger partial charge in [-0.2, -0.15) is 0 Å². The molecule has 0 radical (unpaired) electrons. The zero-order valence-electron chi connectivity index (χ0n) is 11.5. The standard InChI is InChI=1S/C17H24N2/c1-3-4-8-15(2)11-12-17(18)14-19-13-16-9-6-5-7-10-16/h3-10,17,19H,1-2,11-14,18H2/b8-4-. The number of benzene rings is 1. The molecule has 0 bridgehead atoms. The van der Waals surface area contributed by atoms with E-state index in [1.165, 1.54) is 5.56 Å². The van der Waals surface area contributed by atoms with Gasteiger partial charge in [-0.05, 0) is 18.4 Å². The topological polar surface area (TPSA) is 38.0 Å². The van der Waals surface area contributed by atoms with Crippen molar-refractivity contribution >= 4 is 0 Å². The first-order valence-electron chi connectivity index (χ1n) is 6.69. The van der Waals surface area contributed by atoms with E-state index < -0.39 is 0 Å². The third-order valence-electron chi connectivity index (χ3n) is 2.88. The number of hydrogen-bond donors (Lipinski definition) is 2. The zero-order chi connectivity index (χ0) is 13.9. The largest absolute Gasteiger partial charge is 0.327 e. The molecule has 0 aliphatic heterocycles. The molecular formula is C17H24N2. The minimum Gasteiger partial charge on any atom is -0.327 e. The van der Waals surface area contributed by atoms with Gasteiger partial charge in [-0.3, -0.25) is 0 Å². The van der Waals surface area contributed by atoms with Gasteiger partial charge in [0.15, 0.2) is 0 Å². The Morgan fingerprint density at radius 1 is 1.32 bits per heavy atom. The Morgan fingerprint density at radius 3 is 2.74 bits per heavy atom. The molecule has 2 nitrogen and oxygen atoms in total. The number of allylic oxidation sites excluding steroid dienone is 4. The lowest BCUT2D eigenvalue weighted by atomic mass is 10.1. The van der Waals surface area contributed by atoms with Crippen LogP contribution in [-0.4, -0.2) is 12.6 Å². The normalized spacial score (nSPS) is 12.5. The van der Waals surface area contributed by atoms with Gasteiger partial charge in [0.05, 0.1) is 0 Å². The van der Waals surface area contributed by atoms with E-state index in [4.69, 9.17) is 5.73 Å². The molecule has 1 aromatic carbocycles. The summed E-state index contributed by atoms with van der Waals surface area (Å²) in [5.41, 5.74) is 8.45. The van der Waals surface area contributed by atoms with Gasteiger partial charge in [-0.1, -0.05) is 67.3 Å².